The lowest BCUT2D eigenvalue weighted by atomic mass is 10.2. The average molecular weight is 210 g/mol. The standard InChI is InChI=1S/C8H10O2.C4H8O/c9-6-5-7-1-3-8(10)4-2-7;1-2-4-5-3-1/h1-4,9-10H,5-6H2;1-4H2. The SMILES string of the molecule is C1CCOC1.OCCc1ccc(O)cc1. The van der Waals surface area contributed by atoms with E-state index in [0.717, 1.165) is 18.8 Å². The summed E-state index contributed by atoms with van der Waals surface area (Å²) in [5.41, 5.74) is 1.04. The number of hydrogen-bond acceptors (Lipinski definition) is 3. The van der Waals surface area contributed by atoms with Crippen molar-refractivity contribution in [2.24, 2.45) is 0 Å². The van der Waals surface area contributed by atoms with Gasteiger partial charge in [0.25, 0.3) is 0 Å². The van der Waals surface area contributed by atoms with Gasteiger partial charge in [0.2, 0.25) is 0 Å². The Bertz CT molecular complexity index is 244. The zero-order chi connectivity index (χ0) is 10.9. The highest BCUT2D eigenvalue weighted by atomic mass is 16.5. The Labute approximate surface area is 90.3 Å². The highest BCUT2D eigenvalue weighted by molar-refractivity contribution is 5.25. The maximum Gasteiger partial charge on any atom is 0.115 e. The van der Waals surface area contributed by atoms with Gasteiger partial charge in [-0.05, 0) is 37.0 Å². The number of aromatic hydroxyl groups is 1. The van der Waals surface area contributed by atoms with Crippen molar-refractivity contribution in [2.45, 2.75) is 19.3 Å². The first-order valence-electron chi connectivity index (χ1n) is 5.29. The summed E-state index contributed by atoms with van der Waals surface area (Å²) in [6.07, 6.45) is 3.21. The van der Waals surface area contributed by atoms with Gasteiger partial charge in [0, 0.05) is 19.8 Å². The van der Waals surface area contributed by atoms with Crippen LogP contribution < -0.4 is 0 Å². The average Bonchev–Trinajstić information content (AvgIpc) is 2.80. The zero-order valence-corrected chi connectivity index (χ0v) is 8.85. The molecule has 0 aromatic heterocycles. The molecule has 0 bridgehead atoms. The van der Waals surface area contributed by atoms with Crippen molar-refractivity contribution >= 4 is 0 Å². The number of phenols is 1. The third kappa shape index (κ3) is 5.40. The summed E-state index contributed by atoms with van der Waals surface area (Å²) in [5.74, 6) is 0.265. The van der Waals surface area contributed by atoms with Gasteiger partial charge in [-0.25, -0.2) is 0 Å². The van der Waals surface area contributed by atoms with Crippen molar-refractivity contribution in [1.82, 2.24) is 0 Å². The maximum atomic E-state index is 8.86. The zero-order valence-electron chi connectivity index (χ0n) is 8.85. The molecule has 1 heterocycles. The maximum absolute atomic E-state index is 8.86. The number of hydrogen-bond donors (Lipinski definition) is 2. The first kappa shape index (κ1) is 12.0. The van der Waals surface area contributed by atoms with Crippen molar-refractivity contribution in [1.29, 1.82) is 0 Å². The van der Waals surface area contributed by atoms with Crippen LogP contribution in [-0.2, 0) is 11.2 Å². The molecule has 3 heteroatoms. The van der Waals surface area contributed by atoms with E-state index in [9.17, 15) is 0 Å². The molecule has 15 heavy (non-hydrogen) atoms. The molecule has 1 aliphatic heterocycles. The lowest BCUT2D eigenvalue weighted by Crippen LogP contribution is -1.88. The minimum Gasteiger partial charge on any atom is -0.508 e. The van der Waals surface area contributed by atoms with Crippen molar-refractivity contribution in [2.75, 3.05) is 19.8 Å². The molecular formula is C12H18O3. The summed E-state index contributed by atoms with van der Waals surface area (Å²) in [6.45, 7) is 2.16. The van der Waals surface area contributed by atoms with E-state index < -0.39 is 0 Å². The van der Waals surface area contributed by atoms with E-state index in [2.05, 4.69) is 0 Å². The molecule has 1 saturated heterocycles. The fourth-order valence-electron chi connectivity index (χ4n) is 1.30. The van der Waals surface area contributed by atoms with E-state index in [-0.39, 0.29) is 12.4 Å². The smallest absolute Gasteiger partial charge is 0.115 e. The fourth-order valence-corrected chi connectivity index (χ4v) is 1.30. The Morgan fingerprint density at radius 1 is 1.07 bits per heavy atom. The predicted molar refractivity (Wildman–Crippen MR) is 58.9 cm³/mol. The monoisotopic (exact) mass is 210 g/mol. The molecule has 2 N–H and O–H groups in total. The van der Waals surface area contributed by atoms with Gasteiger partial charge in [-0.15, -0.1) is 0 Å². The number of phenolic OH excluding ortho intramolecular Hbond substituents is 1. The number of aliphatic hydroxyl groups excluding tert-OH is 1. The molecule has 1 aromatic rings. The quantitative estimate of drug-likeness (QED) is 0.781. The van der Waals surface area contributed by atoms with Gasteiger partial charge in [-0.3, -0.25) is 0 Å². The lowest BCUT2D eigenvalue weighted by molar-refractivity contribution is 0.198. The third-order valence-electron chi connectivity index (χ3n) is 2.16. The van der Waals surface area contributed by atoms with E-state index in [1.54, 1.807) is 24.3 Å². The Morgan fingerprint density at radius 2 is 1.67 bits per heavy atom. The number of benzene rings is 1. The number of rotatable bonds is 2. The summed E-state index contributed by atoms with van der Waals surface area (Å²) in [7, 11) is 0. The van der Waals surface area contributed by atoms with E-state index in [0.29, 0.717) is 6.42 Å². The molecule has 0 aliphatic carbocycles. The van der Waals surface area contributed by atoms with Gasteiger partial charge < -0.3 is 14.9 Å². The van der Waals surface area contributed by atoms with Crippen LogP contribution in [0.1, 0.15) is 18.4 Å². The first-order chi connectivity index (χ1) is 7.33. The second-order valence-corrected chi connectivity index (χ2v) is 3.46. The summed E-state index contributed by atoms with van der Waals surface area (Å²) in [4.78, 5) is 0. The Hall–Kier alpha value is -1.06. The van der Waals surface area contributed by atoms with Crippen LogP contribution in [0.25, 0.3) is 0 Å². The molecule has 0 saturated carbocycles. The summed E-state index contributed by atoms with van der Waals surface area (Å²) < 4.78 is 4.94. The van der Waals surface area contributed by atoms with E-state index >= 15 is 0 Å². The molecule has 2 rings (SSSR count). The van der Waals surface area contributed by atoms with Crippen LogP contribution in [0.15, 0.2) is 24.3 Å². The van der Waals surface area contributed by atoms with E-state index in [4.69, 9.17) is 14.9 Å². The van der Waals surface area contributed by atoms with Gasteiger partial charge in [-0.2, -0.15) is 0 Å². The molecule has 0 radical (unpaired) electrons. The van der Waals surface area contributed by atoms with Crippen LogP contribution in [0.4, 0.5) is 0 Å². The van der Waals surface area contributed by atoms with Crippen LogP contribution in [0, 0.1) is 0 Å². The molecule has 1 aromatic carbocycles. The third-order valence-corrected chi connectivity index (χ3v) is 2.16. The molecule has 1 fully saturated rings. The van der Waals surface area contributed by atoms with Crippen molar-refractivity contribution in [3.05, 3.63) is 29.8 Å². The molecule has 0 unspecified atom stereocenters. The minimum absolute atomic E-state index is 0.158. The second kappa shape index (κ2) is 7.26. The van der Waals surface area contributed by atoms with Crippen LogP contribution >= 0.6 is 0 Å². The van der Waals surface area contributed by atoms with Gasteiger partial charge >= 0.3 is 0 Å². The summed E-state index contributed by atoms with van der Waals surface area (Å²) >= 11 is 0. The lowest BCUT2D eigenvalue weighted by Gasteiger charge is -1.96. The highest BCUT2D eigenvalue weighted by Crippen LogP contribution is 2.09. The van der Waals surface area contributed by atoms with E-state index in [1.807, 2.05) is 0 Å². The summed E-state index contributed by atoms with van der Waals surface area (Å²) in [6, 6.07) is 6.83. The Morgan fingerprint density at radius 3 is 2.07 bits per heavy atom. The first-order valence-corrected chi connectivity index (χ1v) is 5.29. The van der Waals surface area contributed by atoms with E-state index in [1.165, 1.54) is 12.8 Å². The topological polar surface area (TPSA) is 49.7 Å². The van der Waals surface area contributed by atoms with Crippen molar-refractivity contribution in [3.63, 3.8) is 0 Å². The highest BCUT2D eigenvalue weighted by Gasteiger charge is 1.94. The molecular weight excluding hydrogens is 192 g/mol. The number of aliphatic hydroxyl groups is 1. The number of ether oxygens (including phenoxy) is 1. The fraction of sp³-hybridized carbons (Fsp3) is 0.500. The Kier molecular flexibility index (Phi) is 5.81. The van der Waals surface area contributed by atoms with Crippen molar-refractivity contribution < 1.29 is 14.9 Å². The largest absolute Gasteiger partial charge is 0.508 e. The molecule has 0 atom stereocenters. The minimum atomic E-state index is 0.158. The van der Waals surface area contributed by atoms with Gasteiger partial charge in [0.15, 0.2) is 0 Å². The van der Waals surface area contributed by atoms with Gasteiger partial charge in [-0.1, -0.05) is 12.1 Å². The predicted octanol–water partition coefficient (Wildman–Crippen LogP) is 1.72. The molecule has 0 spiro atoms. The molecule has 0 amide bonds. The second-order valence-electron chi connectivity index (χ2n) is 3.46. The van der Waals surface area contributed by atoms with Crippen LogP contribution in [-0.4, -0.2) is 30.0 Å². The normalized spacial score (nSPS) is 14.5. The van der Waals surface area contributed by atoms with Crippen LogP contribution in [0.5, 0.6) is 5.75 Å². The molecule has 1 aliphatic rings. The van der Waals surface area contributed by atoms with Crippen LogP contribution in [0.2, 0.25) is 0 Å². The van der Waals surface area contributed by atoms with Crippen molar-refractivity contribution in [3.8, 4) is 5.75 Å². The van der Waals surface area contributed by atoms with Gasteiger partial charge in [0.05, 0.1) is 0 Å². The Balaban J connectivity index is 0.000000187. The molecule has 84 valence electrons. The van der Waals surface area contributed by atoms with Gasteiger partial charge in [0.1, 0.15) is 5.75 Å². The summed E-state index contributed by atoms with van der Waals surface area (Å²) in [5, 5.41) is 17.4. The van der Waals surface area contributed by atoms with Crippen LogP contribution in [0.3, 0.4) is 0 Å². The molecule has 3 nitrogen and oxygen atoms in total.